The molecule has 3 rings (SSSR count). The highest BCUT2D eigenvalue weighted by atomic mass is 35.5. The van der Waals surface area contributed by atoms with Crippen LogP contribution in [0.2, 0.25) is 5.02 Å². The van der Waals surface area contributed by atoms with Crippen LogP contribution in [-0.2, 0) is 13.2 Å². The van der Waals surface area contributed by atoms with Gasteiger partial charge >= 0.3 is 0 Å². The zero-order valence-electron chi connectivity index (χ0n) is 12.2. The second-order valence-electron chi connectivity index (χ2n) is 5.11. The third-order valence-electron chi connectivity index (χ3n) is 3.61. The smallest absolute Gasteiger partial charge is 0.134 e. The van der Waals surface area contributed by atoms with E-state index in [9.17, 15) is 5.11 Å². The molecule has 0 aliphatic carbocycles. The fourth-order valence-corrected chi connectivity index (χ4v) is 2.59. The van der Waals surface area contributed by atoms with Crippen molar-refractivity contribution < 1.29 is 9.84 Å². The predicted molar refractivity (Wildman–Crippen MR) is 88.2 cm³/mol. The van der Waals surface area contributed by atoms with Gasteiger partial charge in [0.05, 0.1) is 17.8 Å². The lowest BCUT2D eigenvalue weighted by molar-refractivity contribution is 0.272. The fraction of sp³-hybridized carbons (Fsp3) is 0.167. The first-order valence-corrected chi connectivity index (χ1v) is 7.43. The number of halogens is 1. The van der Waals surface area contributed by atoms with Gasteiger partial charge in [-0.3, -0.25) is 0 Å². The summed E-state index contributed by atoms with van der Waals surface area (Å²) >= 11 is 6.10. The molecule has 0 unspecified atom stereocenters. The summed E-state index contributed by atoms with van der Waals surface area (Å²) in [5, 5.41) is 11.0. The Balaban J connectivity index is 2.05. The average molecular weight is 314 g/mol. The van der Waals surface area contributed by atoms with E-state index in [1.54, 1.807) is 6.07 Å². The summed E-state index contributed by atoms with van der Waals surface area (Å²) in [6.45, 7) is 2.24. The molecule has 3 aromatic rings. The Kier molecular flexibility index (Phi) is 4.27. The first-order chi connectivity index (χ1) is 10.7. The number of pyridine rings is 1. The third-order valence-corrected chi connectivity index (χ3v) is 3.84. The van der Waals surface area contributed by atoms with Crippen LogP contribution in [0.25, 0.3) is 10.9 Å². The standard InChI is InChI=1S/C18H16ClNO2/c1-12-17(10-21)20-16-8-7-14(19)9-15(16)18(12)22-11-13-5-3-2-4-6-13/h2-9,21H,10-11H2,1H3. The molecule has 0 saturated heterocycles. The first-order valence-electron chi connectivity index (χ1n) is 7.05. The molecule has 3 nitrogen and oxygen atoms in total. The lowest BCUT2D eigenvalue weighted by Crippen LogP contribution is -2.02. The maximum atomic E-state index is 9.50. The maximum Gasteiger partial charge on any atom is 0.134 e. The molecule has 0 fully saturated rings. The summed E-state index contributed by atoms with van der Waals surface area (Å²) in [5.41, 5.74) is 3.31. The van der Waals surface area contributed by atoms with Crippen LogP contribution in [0.3, 0.4) is 0 Å². The normalized spacial score (nSPS) is 10.9. The Labute approximate surface area is 134 Å². The predicted octanol–water partition coefficient (Wildman–Crippen LogP) is 4.27. The third kappa shape index (κ3) is 2.91. The van der Waals surface area contributed by atoms with Crippen LogP contribution < -0.4 is 4.74 Å². The van der Waals surface area contributed by atoms with Gasteiger partial charge in [0.25, 0.3) is 0 Å². The number of nitrogens with zero attached hydrogens (tertiary/aromatic N) is 1. The number of ether oxygens (including phenoxy) is 1. The average Bonchev–Trinajstić information content (AvgIpc) is 2.54. The lowest BCUT2D eigenvalue weighted by atomic mass is 10.1. The molecule has 1 N–H and O–H groups in total. The second-order valence-corrected chi connectivity index (χ2v) is 5.54. The van der Waals surface area contributed by atoms with E-state index in [1.165, 1.54) is 0 Å². The molecule has 0 radical (unpaired) electrons. The number of benzene rings is 2. The summed E-state index contributed by atoms with van der Waals surface area (Å²) < 4.78 is 6.02. The van der Waals surface area contributed by atoms with E-state index in [4.69, 9.17) is 16.3 Å². The van der Waals surface area contributed by atoms with Crippen molar-refractivity contribution in [2.75, 3.05) is 0 Å². The quantitative estimate of drug-likeness (QED) is 0.782. The number of rotatable bonds is 4. The molecule has 1 heterocycles. The number of aromatic nitrogens is 1. The van der Waals surface area contributed by atoms with Crippen LogP contribution >= 0.6 is 11.6 Å². The number of fused-ring (bicyclic) bond motifs is 1. The summed E-state index contributed by atoms with van der Waals surface area (Å²) in [6, 6.07) is 15.4. The minimum Gasteiger partial charge on any atom is -0.488 e. The molecular formula is C18H16ClNO2. The number of aliphatic hydroxyl groups is 1. The SMILES string of the molecule is Cc1c(CO)nc2ccc(Cl)cc2c1OCc1ccccc1. The second kappa shape index (κ2) is 6.34. The molecule has 0 bridgehead atoms. The summed E-state index contributed by atoms with van der Waals surface area (Å²) in [6.07, 6.45) is 0. The van der Waals surface area contributed by atoms with Gasteiger partial charge in [0.2, 0.25) is 0 Å². The molecule has 0 aliphatic heterocycles. The molecule has 112 valence electrons. The van der Waals surface area contributed by atoms with Crippen molar-refractivity contribution in [2.24, 2.45) is 0 Å². The van der Waals surface area contributed by atoms with E-state index < -0.39 is 0 Å². The molecular weight excluding hydrogens is 298 g/mol. The van der Waals surface area contributed by atoms with Gasteiger partial charge in [0.15, 0.2) is 0 Å². The molecule has 0 amide bonds. The van der Waals surface area contributed by atoms with Crippen molar-refractivity contribution in [3.63, 3.8) is 0 Å². The van der Waals surface area contributed by atoms with Gasteiger partial charge in [-0.25, -0.2) is 4.98 Å². The van der Waals surface area contributed by atoms with E-state index >= 15 is 0 Å². The molecule has 2 aromatic carbocycles. The van der Waals surface area contributed by atoms with Gasteiger partial charge in [0, 0.05) is 16.0 Å². The molecule has 0 spiro atoms. The molecule has 0 saturated carbocycles. The van der Waals surface area contributed by atoms with Crippen molar-refractivity contribution in [1.29, 1.82) is 0 Å². The van der Waals surface area contributed by atoms with E-state index in [0.717, 1.165) is 27.8 Å². The molecule has 1 aromatic heterocycles. The summed E-state index contributed by atoms with van der Waals surface area (Å²) in [5.74, 6) is 0.723. The first kappa shape index (κ1) is 14.8. The highest BCUT2D eigenvalue weighted by molar-refractivity contribution is 6.31. The van der Waals surface area contributed by atoms with Gasteiger partial charge in [-0.2, -0.15) is 0 Å². The Morgan fingerprint density at radius 1 is 1.14 bits per heavy atom. The van der Waals surface area contributed by atoms with Gasteiger partial charge in [-0.15, -0.1) is 0 Å². The zero-order valence-corrected chi connectivity index (χ0v) is 13.0. The van der Waals surface area contributed by atoms with E-state index in [-0.39, 0.29) is 6.61 Å². The van der Waals surface area contributed by atoms with Crippen LogP contribution in [0.1, 0.15) is 16.8 Å². The number of hydrogen-bond acceptors (Lipinski definition) is 3. The van der Waals surface area contributed by atoms with Gasteiger partial charge in [0.1, 0.15) is 12.4 Å². The van der Waals surface area contributed by atoms with E-state index in [2.05, 4.69) is 4.98 Å². The highest BCUT2D eigenvalue weighted by Gasteiger charge is 2.13. The maximum absolute atomic E-state index is 9.50. The van der Waals surface area contributed by atoms with Crippen molar-refractivity contribution >= 4 is 22.5 Å². The Morgan fingerprint density at radius 2 is 1.91 bits per heavy atom. The van der Waals surface area contributed by atoms with Crippen LogP contribution in [0.5, 0.6) is 5.75 Å². The topological polar surface area (TPSA) is 42.4 Å². The minimum atomic E-state index is -0.119. The molecule has 22 heavy (non-hydrogen) atoms. The largest absolute Gasteiger partial charge is 0.488 e. The van der Waals surface area contributed by atoms with E-state index in [0.29, 0.717) is 17.3 Å². The Bertz CT molecular complexity index is 803. The summed E-state index contributed by atoms with van der Waals surface area (Å²) in [4.78, 5) is 4.46. The van der Waals surface area contributed by atoms with Gasteiger partial charge in [-0.05, 0) is 30.7 Å². The van der Waals surface area contributed by atoms with Crippen molar-refractivity contribution in [1.82, 2.24) is 4.98 Å². The Hall–Kier alpha value is -2.10. The van der Waals surface area contributed by atoms with Crippen LogP contribution in [0, 0.1) is 6.92 Å². The monoisotopic (exact) mass is 313 g/mol. The summed E-state index contributed by atoms with van der Waals surface area (Å²) in [7, 11) is 0. The molecule has 0 aliphatic rings. The zero-order chi connectivity index (χ0) is 15.5. The lowest BCUT2D eigenvalue weighted by Gasteiger charge is -2.15. The Morgan fingerprint density at radius 3 is 2.64 bits per heavy atom. The molecule has 4 heteroatoms. The van der Waals surface area contributed by atoms with Crippen LogP contribution in [-0.4, -0.2) is 10.1 Å². The van der Waals surface area contributed by atoms with Crippen LogP contribution in [0.15, 0.2) is 48.5 Å². The van der Waals surface area contributed by atoms with Crippen molar-refractivity contribution in [3.8, 4) is 5.75 Å². The van der Waals surface area contributed by atoms with Crippen molar-refractivity contribution in [3.05, 3.63) is 70.4 Å². The van der Waals surface area contributed by atoms with Crippen LogP contribution in [0.4, 0.5) is 0 Å². The minimum absolute atomic E-state index is 0.119. The van der Waals surface area contributed by atoms with E-state index in [1.807, 2.05) is 49.4 Å². The fourth-order valence-electron chi connectivity index (χ4n) is 2.42. The number of aliphatic hydroxyl groups excluding tert-OH is 1. The van der Waals surface area contributed by atoms with Crippen molar-refractivity contribution in [2.45, 2.75) is 20.1 Å². The highest BCUT2D eigenvalue weighted by Crippen LogP contribution is 2.32. The molecule has 0 atom stereocenters. The number of hydrogen-bond donors (Lipinski definition) is 1. The van der Waals surface area contributed by atoms with Gasteiger partial charge in [-0.1, -0.05) is 41.9 Å². The van der Waals surface area contributed by atoms with Gasteiger partial charge < -0.3 is 9.84 Å².